The van der Waals surface area contributed by atoms with Gasteiger partial charge in [-0.05, 0) is 29.5 Å². The number of nitrogens with zero attached hydrogens (tertiary/aromatic N) is 1. The first-order valence-corrected chi connectivity index (χ1v) is 4.67. The zero-order valence-electron chi connectivity index (χ0n) is 8.23. The van der Waals surface area contributed by atoms with Crippen LogP contribution in [0.3, 0.4) is 0 Å². The van der Waals surface area contributed by atoms with E-state index in [9.17, 15) is 0 Å². The van der Waals surface area contributed by atoms with E-state index in [0.29, 0.717) is 6.61 Å². The molecule has 0 fully saturated rings. The minimum atomic E-state index is 0.565. The van der Waals surface area contributed by atoms with Gasteiger partial charge < -0.3 is 9.40 Å². The Kier molecular flexibility index (Phi) is 2.52. The molecule has 3 nitrogen and oxygen atoms in total. The van der Waals surface area contributed by atoms with Gasteiger partial charge in [-0.1, -0.05) is 12.1 Å². The third-order valence-electron chi connectivity index (χ3n) is 2.46. The summed E-state index contributed by atoms with van der Waals surface area (Å²) in [7, 11) is 2.05. The van der Waals surface area contributed by atoms with Crippen molar-refractivity contribution >= 4 is 10.9 Å². The second-order valence-corrected chi connectivity index (χ2v) is 3.44. The van der Waals surface area contributed by atoms with Gasteiger partial charge in [-0.2, -0.15) is 0 Å². The molecule has 0 radical (unpaired) electrons. The van der Waals surface area contributed by atoms with E-state index in [2.05, 4.69) is 39.9 Å². The Morgan fingerprint density at radius 3 is 3.00 bits per heavy atom. The van der Waals surface area contributed by atoms with E-state index in [1.165, 1.54) is 16.5 Å². The lowest BCUT2D eigenvalue weighted by Crippen LogP contribution is -2.03. The molecule has 0 saturated heterocycles. The molecule has 1 aromatic heterocycles. The van der Waals surface area contributed by atoms with Crippen LogP contribution >= 0.6 is 0 Å². The van der Waals surface area contributed by atoms with Crippen LogP contribution in [-0.4, -0.2) is 11.2 Å². The highest BCUT2D eigenvalue weighted by molar-refractivity contribution is 5.80. The van der Waals surface area contributed by atoms with Gasteiger partial charge in [0.2, 0.25) is 0 Å². The molecule has 0 spiro atoms. The van der Waals surface area contributed by atoms with Crippen LogP contribution in [0.5, 0.6) is 0 Å². The van der Waals surface area contributed by atoms with E-state index in [1.807, 2.05) is 7.05 Å². The summed E-state index contributed by atoms with van der Waals surface area (Å²) in [5.74, 6) is 4.99. The molecule has 1 aromatic carbocycles. The van der Waals surface area contributed by atoms with Gasteiger partial charge in [0.1, 0.15) is 0 Å². The van der Waals surface area contributed by atoms with Crippen LogP contribution < -0.4 is 5.90 Å². The monoisotopic (exact) mass is 190 g/mol. The lowest BCUT2D eigenvalue weighted by molar-refractivity contribution is 0.141. The van der Waals surface area contributed by atoms with Gasteiger partial charge in [0.15, 0.2) is 0 Å². The number of hydrogen-bond donors (Lipinski definition) is 1. The molecule has 0 aliphatic heterocycles. The number of aryl methyl sites for hydroxylation is 1. The summed E-state index contributed by atoms with van der Waals surface area (Å²) in [5.41, 5.74) is 2.50. The van der Waals surface area contributed by atoms with Crippen LogP contribution in [0.25, 0.3) is 10.9 Å². The third kappa shape index (κ3) is 1.64. The Hall–Kier alpha value is -1.32. The molecule has 0 amide bonds. The Morgan fingerprint density at radius 2 is 2.21 bits per heavy atom. The highest BCUT2D eigenvalue weighted by Gasteiger charge is 1.99. The first-order valence-electron chi connectivity index (χ1n) is 4.67. The van der Waals surface area contributed by atoms with Crippen molar-refractivity contribution in [3.8, 4) is 0 Å². The van der Waals surface area contributed by atoms with Crippen LogP contribution in [-0.2, 0) is 18.3 Å². The summed E-state index contributed by atoms with van der Waals surface area (Å²) < 4.78 is 2.11. The first kappa shape index (κ1) is 9.24. The van der Waals surface area contributed by atoms with Gasteiger partial charge in [-0.15, -0.1) is 0 Å². The largest absolute Gasteiger partial charge is 0.351 e. The second-order valence-electron chi connectivity index (χ2n) is 3.44. The zero-order chi connectivity index (χ0) is 9.97. The molecule has 2 aromatic rings. The van der Waals surface area contributed by atoms with Gasteiger partial charge in [-0.25, -0.2) is 5.90 Å². The fourth-order valence-corrected chi connectivity index (χ4v) is 1.64. The summed E-state index contributed by atoms with van der Waals surface area (Å²) in [6, 6.07) is 8.52. The van der Waals surface area contributed by atoms with E-state index in [-0.39, 0.29) is 0 Å². The van der Waals surface area contributed by atoms with Crippen LogP contribution in [0.15, 0.2) is 30.5 Å². The maximum atomic E-state index is 4.99. The molecule has 0 aliphatic rings. The van der Waals surface area contributed by atoms with Crippen molar-refractivity contribution in [2.75, 3.05) is 6.61 Å². The van der Waals surface area contributed by atoms with Crippen molar-refractivity contribution in [1.29, 1.82) is 0 Å². The smallest absolute Gasteiger partial charge is 0.0719 e. The Morgan fingerprint density at radius 1 is 1.36 bits per heavy atom. The van der Waals surface area contributed by atoms with Crippen molar-refractivity contribution in [2.24, 2.45) is 12.9 Å². The lowest BCUT2D eigenvalue weighted by Gasteiger charge is -2.01. The van der Waals surface area contributed by atoms with E-state index in [0.717, 1.165) is 6.42 Å². The van der Waals surface area contributed by atoms with Gasteiger partial charge in [0.25, 0.3) is 0 Å². The minimum absolute atomic E-state index is 0.565. The summed E-state index contributed by atoms with van der Waals surface area (Å²) in [6.45, 7) is 0.565. The molecule has 3 heteroatoms. The van der Waals surface area contributed by atoms with Gasteiger partial charge in [0, 0.05) is 18.8 Å². The summed E-state index contributed by atoms with van der Waals surface area (Å²) >= 11 is 0. The van der Waals surface area contributed by atoms with Gasteiger partial charge in [0.05, 0.1) is 6.61 Å². The van der Waals surface area contributed by atoms with Gasteiger partial charge in [-0.3, -0.25) is 0 Å². The molecule has 1 heterocycles. The number of benzene rings is 1. The standard InChI is InChI=1S/C11H14N2O/c1-13-6-4-10-3-2-9(5-7-14-12)8-11(10)13/h2-4,6,8H,5,7,12H2,1H3. The highest BCUT2D eigenvalue weighted by Crippen LogP contribution is 2.16. The fourth-order valence-electron chi connectivity index (χ4n) is 1.64. The quantitative estimate of drug-likeness (QED) is 0.747. The third-order valence-corrected chi connectivity index (χ3v) is 2.46. The van der Waals surface area contributed by atoms with Crippen LogP contribution in [0.2, 0.25) is 0 Å². The molecular formula is C11H14N2O. The summed E-state index contributed by atoms with van der Waals surface area (Å²) in [4.78, 5) is 4.56. The molecule has 0 bridgehead atoms. The topological polar surface area (TPSA) is 40.2 Å². The lowest BCUT2D eigenvalue weighted by atomic mass is 10.1. The Labute approximate surface area is 83.0 Å². The average molecular weight is 190 g/mol. The van der Waals surface area contributed by atoms with Crippen molar-refractivity contribution in [1.82, 2.24) is 4.57 Å². The normalized spacial score (nSPS) is 11.0. The first-order chi connectivity index (χ1) is 6.81. The second kappa shape index (κ2) is 3.82. The van der Waals surface area contributed by atoms with Crippen molar-refractivity contribution in [3.05, 3.63) is 36.0 Å². The molecule has 2 N–H and O–H groups in total. The van der Waals surface area contributed by atoms with E-state index >= 15 is 0 Å². The summed E-state index contributed by atoms with van der Waals surface area (Å²) in [5, 5.41) is 1.27. The molecule has 0 saturated carbocycles. The van der Waals surface area contributed by atoms with Crippen molar-refractivity contribution in [3.63, 3.8) is 0 Å². The van der Waals surface area contributed by atoms with E-state index in [4.69, 9.17) is 5.90 Å². The van der Waals surface area contributed by atoms with Crippen molar-refractivity contribution in [2.45, 2.75) is 6.42 Å². The molecule has 2 rings (SSSR count). The molecule has 0 aliphatic carbocycles. The fraction of sp³-hybridized carbons (Fsp3) is 0.273. The maximum Gasteiger partial charge on any atom is 0.0719 e. The van der Waals surface area contributed by atoms with E-state index < -0.39 is 0 Å². The molecule has 0 unspecified atom stereocenters. The predicted octanol–water partition coefficient (Wildman–Crippen LogP) is 1.61. The van der Waals surface area contributed by atoms with Crippen molar-refractivity contribution < 1.29 is 4.84 Å². The van der Waals surface area contributed by atoms with Crippen LogP contribution in [0.4, 0.5) is 0 Å². The van der Waals surface area contributed by atoms with E-state index in [1.54, 1.807) is 0 Å². The number of aromatic nitrogens is 1. The van der Waals surface area contributed by atoms with Crippen LogP contribution in [0, 0.1) is 0 Å². The van der Waals surface area contributed by atoms with Crippen LogP contribution in [0.1, 0.15) is 5.56 Å². The number of rotatable bonds is 3. The molecule has 74 valence electrons. The summed E-state index contributed by atoms with van der Waals surface area (Å²) in [6.07, 6.45) is 2.92. The molecule has 14 heavy (non-hydrogen) atoms. The number of hydrogen-bond acceptors (Lipinski definition) is 2. The minimum Gasteiger partial charge on any atom is -0.351 e. The number of nitrogens with two attached hydrogens (primary N) is 1. The highest BCUT2D eigenvalue weighted by atomic mass is 16.6. The predicted molar refractivity (Wildman–Crippen MR) is 56.8 cm³/mol. The average Bonchev–Trinajstić information content (AvgIpc) is 2.57. The Bertz CT molecular complexity index is 434. The Balaban J connectivity index is 2.34. The maximum absolute atomic E-state index is 4.99. The van der Waals surface area contributed by atoms with Gasteiger partial charge >= 0.3 is 0 Å². The molecule has 0 atom stereocenters. The molecular weight excluding hydrogens is 176 g/mol. The zero-order valence-corrected chi connectivity index (χ0v) is 8.23. The number of fused-ring (bicyclic) bond motifs is 1. The SMILES string of the molecule is Cn1ccc2ccc(CCON)cc21.